The molecule has 2 heterocycles. The minimum Gasteiger partial charge on any atom is -0.412 e. The van der Waals surface area contributed by atoms with Crippen LogP contribution in [0.2, 0.25) is 0 Å². The van der Waals surface area contributed by atoms with Crippen molar-refractivity contribution < 1.29 is 22.4 Å². The van der Waals surface area contributed by atoms with Gasteiger partial charge in [0, 0.05) is 6.20 Å². The maximum absolute atomic E-state index is 12.2. The van der Waals surface area contributed by atoms with E-state index in [-0.39, 0.29) is 17.5 Å². The first-order valence-electron chi connectivity index (χ1n) is 4.33. The third-order valence-corrected chi connectivity index (χ3v) is 1.85. The molecule has 0 unspecified atom stereocenters. The van der Waals surface area contributed by atoms with Crippen LogP contribution in [-0.4, -0.2) is 21.5 Å². The summed E-state index contributed by atoms with van der Waals surface area (Å²) < 4.78 is 41.5. The van der Waals surface area contributed by atoms with E-state index in [1.165, 1.54) is 0 Å². The fourth-order valence-electron chi connectivity index (χ4n) is 1.07. The first-order chi connectivity index (χ1) is 8.00. The van der Waals surface area contributed by atoms with Gasteiger partial charge in [0.05, 0.1) is 5.56 Å². The second kappa shape index (κ2) is 3.96. The molecule has 0 amide bonds. The molecule has 88 valence electrons. The van der Waals surface area contributed by atoms with Crippen LogP contribution in [0.1, 0.15) is 16.2 Å². The highest BCUT2D eigenvalue weighted by molar-refractivity contribution is 5.67. The van der Waals surface area contributed by atoms with E-state index in [0.717, 1.165) is 12.1 Å². The minimum atomic E-state index is -4.45. The molecule has 2 aromatic rings. The molecule has 0 radical (unpaired) electrons. The van der Waals surface area contributed by atoms with Gasteiger partial charge >= 0.3 is 6.18 Å². The zero-order chi connectivity index (χ0) is 12.5. The number of alkyl halides is 3. The van der Waals surface area contributed by atoms with Gasteiger partial charge in [0.1, 0.15) is 5.69 Å². The summed E-state index contributed by atoms with van der Waals surface area (Å²) in [5.41, 5.74) is -0.810. The smallest absolute Gasteiger partial charge is 0.412 e. The van der Waals surface area contributed by atoms with E-state index in [4.69, 9.17) is 4.42 Å². The lowest BCUT2D eigenvalue weighted by atomic mass is 10.2. The Balaban J connectivity index is 2.32. The number of aldehydes is 1. The van der Waals surface area contributed by atoms with Crippen molar-refractivity contribution in [1.29, 1.82) is 0 Å². The first kappa shape index (κ1) is 11.2. The monoisotopic (exact) mass is 243 g/mol. The summed E-state index contributed by atoms with van der Waals surface area (Å²) in [7, 11) is 0. The molecule has 0 N–H and O–H groups in total. The summed E-state index contributed by atoms with van der Waals surface area (Å²) in [6.45, 7) is 0. The molecule has 0 atom stereocenters. The molecule has 0 aromatic carbocycles. The number of halogens is 3. The number of hydrogen-bond donors (Lipinski definition) is 0. The maximum Gasteiger partial charge on any atom is 0.417 e. The molecule has 17 heavy (non-hydrogen) atoms. The van der Waals surface area contributed by atoms with E-state index in [9.17, 15) is 18.0 Å². The summed E-state index contributed by atoms with van der Waals surface area (Å²) in [6.07, 6.45) is -3.46. The zero-order valence-electron chi connectivity index (χ0n) is 8.10. The van der Waals surface area contributed by atoms with Crippen LogP contribution in [0.3, 0.4) is 0 Å². The van der Waals surface area contributed by atoms with Gasteiger partial charge in [-0.1, -0.05) is 0 Å². The molecular formula is C9H4F3N3O2. The normalized spacial score (nSPS) is 11.5. The van der Waals surface area contributed by atoms with Crippen LogP contribution in [0, 0.1) is 0 Å². The molecule has 0 fully saturated rings. The minimum absolute atomic E-state index is 0.0681. The van der Waals surface area contributed by atoms with E-state index in [1.54, 1.807) is 0 Å². The maximum atomic E-state index is 12.2. The number of carbonyl (C=O) groups is 1. The van der Waals surface area contributed by atoms with Gasteiger partial charge in [-0.2, -0.15) is 13.2 Å². The van der Waals surface area contributed by atoms with Gasteiger partial charge in [-0.05, 0) is 12.1 Å². The Kier molecular flexibility index (Phi) is 2.62. The lowest BCUT2D eigenvalue weighted by molar-refractivity contribution is -0.137. The van der Waals surface area contributed by atoms with Gasteiger partial charge in [-0.3, -0.25) is 9.78 Å². The van der Waals surface area contributed by atoms with Crippen LogP contribution in [0.5, 0.6) is 0 Å². The Morgan fingerprint density at radius 3 is 2.47 bits per heavy atom. The van der Waals surface area contributed by atoms with Crippen LogP contribution in [-0.2, 0) is 6.18 Å². The van der Waals surface area contributed by atoms with Crippen LogP contribution in [0.15, 0.2) is 22.7 Å². The van der Waals surface area contributed by atoms with Crippen molar-refractivity contribution in [1.82, 2.24) is 15.2 Å². The second-order valence-corrected chi connectivity index (χ2v) is 2.99. The molecule has 0 saturated carbocycles. The van der Waals surface area contributed by atoms with Crippen LogP contribution in [0.25, 0.3) is 11.6 Å². The molecule has 5 nitrogen and oxygen atoms in total. The predicted octanol–water partition coefficient (Wildman–Crippen LogP) is 1.96. The third-order valence-electron chi connectivity index (χ3n) is 1.85. The Bertz CT molecular complexity index is 533. The fourth-order valence-corrected chi connectivity index (χ4v) is 1.07. The number of hydrogen-bond acceptors (Lipinski definition) is 5. The number of rotatable bonds is 2. The summed E-state index contributed by atoms with van der Waals surface area (Å²) in [5.74, 6) is -0.373. The summed E-state index contributed by atoms with van der Waals surface area (Å²) in [6, 6.07) is 1.93. The van der Waals surface area contributed by atoms with Crippen LogP contribution >= 0.6 is 0 Å². The number of nitrogens with zero attached hydrogens (tertiary/aromatic N) is 3. The Morgan fingerprint density at radius 2 is 2.00 bits per heavy atom. The highest BCUT2D eigenvalue weighted by Gasteiger charge is 2.30. The first-order valence-corrected chi connectivity index (χ1v) is 4.33. The average Bonchev–Trinajstić information content (AvgIpc) is 2.76. The number of carbonyl (C=O) groups excluding carboxylic acids is 1. The zero-order valence-corrected chi connectivity index (χ0v) is 8.10. The van der Waals surface area contributed by atoms with Gasteiger partial charge < -0.3 is 4.42 Å². The summed E-state index contributed by atoms with van der Waals surface area (Å²) in [4.78, 5) is 13.8. The van der Waals surface area contributed by atoms with E-state index in [2.05, 4.69) is 15.2 Å². The third kappa shape index (κ3) is 2.30. The summed E-state index contributed by atoms with van der Waals surface area (Å²) >= 11 is 0. The Labute approximate surface area is 92.3 Å². The van der Waals surface area contributed by atoms with Crippen molar-refractivity contribution in [3.05, 3.63) is 29.8 Å². The predicted molar refractivity (Wildman–Crippen MR) is 47.9 cm³/mol. The lowest BCUT2D eigenvalue weighted by Crippen LogP contribution is -2.05. The van der Waals surface area contributed by atoms with E-state index in [1.807, 2.05) is 0 Å². The highest BCUT2D eigenvalue weighted by atomic mass is 19.4. The Hall–Kier alpha value is -2.25. The van der Waals surface area contributed by atoms with Crippen LogP contribution in [0.4, 0.5) is 13.2 Å². The van der Waals surface area contributed by atoms with E-state index >= 15 is 0 Å². The molecule has 0 aliphatic heterocycles. The van der Waals surface area contributed by atoms with Crippen molar-refractivity contribution >= 4 is 6.29 Å². The van der Waals surface area contributed by atoms with Crippen molar-refractivity contribution in [3.63, 3.8) is 0 Å². The van der Waals surface area contributed by atoms with Crippen molar-refractivity contribution in [2.75, 3.05) is 0 Å². The molecule has 2 rings (SSSR count). The van der Waals surface area contributed by atoms with Gasteiger partial charge in [0.15, 0.2) is 0 Å². The molecule has 0 aliphatic rings. The van der Waals surface area contributed by atoms with Gasteiger partial charge in [-0.25, -0.2) is 0 Å². The standard InChI is InChI=1S/C9H4F3N3O2/c10-9(11,12)5-1-2-6(13-3-5)8-15-14-7(4-16)17-8/h1-4H. The van der Waals surface area contributed by atoms with E-state index < -0.39 is 11.7 Å². The topological polar surface area (TPSA) is 68.9 Å². The average molecular weight is 243 g/mol. The van der Waals surface area contributed by atoms with Crippen molar-refractivity contribution in [3.8, 4) is 11.6 Å². The molecule has 8 heteroatoms. The van der Waals surface area contributed by atoms with E-state index in [0.29, 0.717) is 12.5 Å². The van der Waals surface area contributed by atoms with Crippen molar-refractivity contribution in [2.45, 2.75) is 6.18 Å². The number of aromatic nitrogens is 3. The molecular weight excluding hydrogens is 239 g/mol. The van der Waals surface area contributed by atoms with Crippen LogP contribution < -0.4 is 0 Å². The Morgan fingerprint density at radius 1 is 1.24 bits per heavy atom. The summed E-state index contributed by atoms with van der Waals surface area (Å²) in [5, 5.41) is 6.79. The van der Waals surface area contributed by atoms with Gasteiger partial charge in [-0.15, -0.1) is 10.2 Å². The molecule has 0 spiro atoms. The highest BCUT2D eigenvalue weighted by Crippen LogP contribution is 2.29. The fraction of sp³-hybridized carbons (Fsp3) is 0.111. The number of pyridine rings is 1. The van der Waals surface area contributed by atoms with Gasteiger partial charge in [0.25, 0.3) is 11.8 Å². The molecule has 0 saturated heterocycles. The SMILES string of the molecule is O=Cc1nnc(-c2ccc(C(F)(F)F)cn2)o1. The van der Waals surface area contributed by atoms with Gasteiger partial charge in [0.2, 0.25) is 6.29 Å². The van der Waals surface area contributed by atoms with Crippen molar-refractivity contribution in [2.24, 2.45) is 0 Å². The lowest BCUT2D eigenvalue weighted by Gasteiger charge is -2.05. The second-order valence-electron chi connectivity index (χ2n) is 2.99. The molecule has 2 aromatic heterocycles. The largest absolute Gasteiger partial charge is 0.417 e. The molecule has 0 bridgehead atoms. The molecule has 0 aliphatic carbocycles. The quantitative estimate of drug-likeness (QED) is 0.754.